The Morgan fingerprint density at radius 2 is 2.17 bits per heavy atom. The second kappa shape index (κ2) is 7.17. The summed E-state index contributed by atoms with van der Waals surface area (Å²) in [5.41, 5.74) is -1.29. The molecular weight excluding hydrogens is 312 g/mol. The average molecular weight is 336 g/mol. The van der Waals surface area contributed by atoms with Gasteiger partial charge in [-0.05, 0) is 31.2 Å². The predicted octanol–water partition coefficient (Wildman–Crippen LogP) is 1.50. The number of carboxylic acids is 1. The largest absolute Gasteiger partial charge is 0.505 e. The van der Waals surface area contributed by atoms with Gasteiger partial charge in [-0.1, -0.05) is 13.8 Å². The number of rotatable bonds is 5. The number of aromatic hydroxyl groups is 1. The number of aliphatic hydroxyl groups excluding tert-OH is 1. The van der Waals surface area contributed by atoms with Crippen LogP contribution in [-0.4, -0.2) is 56.3 Å². The van der Waals surface area contributed by atoms with E-state index in [0.29, 0.717) is 18.8 Å². The molecule has 2 atom stereocenters. The van der Waals surface area contributed by atoms with E-state index in [1.807, 2.05) is 13.8 Å². The van der Waals surface area contributed by atoms with E-state index in [0.717, 1.165) is 0 Å². The first kappa shape index (κ1) is 18.2. The molecule has 1 aromatic rings. The number of likely N-dealkylation sites (tertiary alicyclic amines) is 1. The van der Waals surface area contributed by atoms with Crippen molar-refractivity contribution >= 4 is 11.9 Å². The summed E-state index contributed by atoms with van der Waals surface area (Å²) < 4.78 is 0. The van der Waals surface area contributed by atoms with Gasteiger partial charge >= 0.3 is 5.97 Å². The van der Waals surface area contributed by atoms with Crippen molar-refractivity contribution in [2.75, 3.05) is 13.1 Å². The minimum Gasteiger partial charge on any atom is -0.505 e. The molecule has 7 nitrogen and oxygen atoms in total. The fourth-order valence-electron chi connectivity index (χ4n) is 3.10. The number of piperidine rings is 1. The number of nitrogens with zero attached hydrogens (tertiary/aromatic N) is 2. The molecule has 2 heterocycles. The van der Waals surface area contributed by atoms with Crippen molar-refractivity contribution in [2.24, 2.45) is 11.3 Å². The summed E-state index contributed by atoms with van der Waals surface area (Å²) in [4.78, 5) is 29.7. The third-order valence-corrected chi connectivity index (χ3v) is 4.69. The van der Waals surface area contributed by atoms with Crippen molar-refractivity contribution in [3.63, 3.8) is 0 Å². The number of carboxylic acid groups (broad SMARTS) is 1. The first-order valence-corrected chi connectivity index (χ1v) is 8.11. The summed E-state index contributed by atoms with van der Waals surface area (Å²) in [6.45, 7) is 4.15. The van der Waals surface area contributed by atoms with Gasteiger partial charge in [0, 0.05) is 19.3 Å². The standard InChI is InChI=1S/C17H24N2O5/c1-11(2)3-6-17(16(23)24)10-19(8-5-14(17)21)15(22)12-4-7-18-9-13(12)20/h4,7,9,11,14,20-21H,3,5-6,8,10H2,1-2H3,(H,23,24)/t14-,17+/m0/s1. The summed E-state index contributed by atoms with van der Waals surface area (Å²) in [5.74, 6) is -1.48. The van der Waals surface area contributed by atoms with Crippen LogP contribution in [0.2, 0.25) is 0 Å². The van der Waals surface area contributed by atoms with Crippen molar-refractivity contribution in [3.8, 4) is 5.75 Å². The van der Waals surface area contributed by atoms with Crippen LogP contribution in [0.15, 0.2) is 18.5 Å². The molecule has 7 heteroatoms. The van der Waals surface area contributed by atoms with Crippen LogP contribution in [0.1, 0.15) is 43.5 Å². The van der Waals surface area contributed by atoms with E-state index >= 15 is 0 Å². The Balaban J connectivity index is 2.26. The highest BCUT2D eigenvalue weighted by molar-refractivity contribution is 5.97. The molecule has 0 unspecified atom stereocenters. The van der Waals surface area contributed by atoms with Gasteiger partial charge in [-0.25, -0.2) is 0 Å². The van der Waals surface area contributed by atoms with Gasteiger partial charge in [-0.3, -0.25) is 14.6 Å². The van der Waals surface area contributed by atoms with Gasteiger partial charge in [-0.2, -0.15) is 0 Å². The fourth-order valence-corrected chi connectivity index (χ4v) is 3.10. The Morgan fingerprint density at radius 3 is 2.75 bits per heavy atom. The maximum Gasteiger partial charge on any atom is 0.314 e. The summed E-state index contributed by atoms with van der Waals surface area (Å²) >= 11 is 0. The summed E-state index contributed by atoms with van der Waals surface area (Å²) in [7, 11) is 0. The van der Waals surface area contributed by atoms with E-state index < -0.39 is 23.4 Å². The number of amides is 1. The van der Waals surface area contributed by atoms with Gasteiger partial charge in [0.25, 0.3) is 5.91 Å². The zero-order chi connectivity index (χ0) is 17.9. The molecule has 1 aliphatic rings. The second-order valence-corrected chi connectivity index (χ2v) is 6.82. The molecule has 0 saturated carbocycles. The molecule has 1 saturated heterocycles. The molecule has 24 heavy (non-hydrogen) atoms. The van der Waals surface area contributed by atoms with Crippen LogP contribution in [0.25, 0.3) is 0 Å². The molecule has 0 spiro atoms. The smallest absolute Gasteiger partial charge is 0.314 e. The molecular formula is C17H24N2O5. The number of aromatic nitrogens is 1. The lowest BCUT2D eigenvalue weighted by atomic mass is 9.72. The van der Waals surface area contributed by atoms with Crippen molar-refractivity contribution in [1.29, 1.82) is 0 Å². The van der Waals surface area contributed by atoms with Gasteiger partial charge in [0.2, 0.25) is 0 Å². The molecule has 132 valence electrons. The van der Waals surface area contributed by atoms with Crippen molar-refractivity contribution in [1.82, 2.24) is 9.88 Å². The van der Waals surface area contributed by atoms with E-state index in [9.17, 15) is 24.9 Å². The number of aliphatic hydroxyl groups is 1. The SMILES string of the molecule is CC(C)CC[C@@]1(C(=O)O)CN(C(=O)c2ccncc2O)CC[C@@H]1O. The van der Waals surface area contributed by atoms with Gasteiger partial charge in [-0.15, -0.1) is 0 Å². The molecule has 0 aliphatic carbocycles. The van der Waals surface area contributed by atoms with E-state index in [1.165, 1.54) is 23.4 Å². The van der Waals surface area contributed by atoms with E-state index in [-0.39, 0.29) is 30.8 Å². The van der Waals surface area contributed by atoms with E-state index in [4.69, 9.17) is 0 Å². The van der Waals surface area contributed by atoms with Gasteiger partial charge in [0.15, 0.2) is 0 Å². The zero-order valence-corrected chi connectivity index (χ0v) is 14.0. The molecule has 1 amide bonds. The maximum atomic E-state index is 12.6. The Bertz CT molecular complexity index is 619. The van der Waals surface area contributed by atoms with Crippen LogP contribution in [-0.2, 0) is 4.79 Å². The predicted molar refractivity (Wildman–Crippen MR) is 86.6 cm³/mol. The molecule has 2 rings (SSSR count). The zero-order valence-electron chi connectivity index (χ0n) is 14.0. The van der Waals surface area contributed by atoms with Crippen molar-refractivity contribution in [2.45, 2.75) is 39.2 Å². The number of pyridine rings is 1. The monoisotopic (exact) mass is 336 g/mol. The maximum absolute atomic E-state index is 12.6. The van der Waals surface area contributed by atoms with Crippen LogP contribution >= 0.6 is 0 Å². The van der Waals surface area contributed by atoms with Gasteiger partial charge in [0.1, 0.15) is 11.2 Å². The van der Waals surface area contributed by atoms with Crippen LogP contribution in [0.5, 0.6) is 5.75 Å². The number of carbonyl (C=O) groups is 2. The Morgan fingerprint density at radius 1 is 1.46 bits per heavy atom. The Kier molecular flexibility index (Phi) is 5.43. The average Bonchev–Trinajstić information content (AvgIpc) is 2.53. The first-order chi connectivity index (χ1) is 11.3. The third kappa shape index (κ3) is 3.51. The number of aliphatic carboxylic acids is 1. The number of hydrogen-bond donors (Lipinski definition) is 3. The highest BCUT2D eigenvalue weighted by atomic mass is 16.4. The molecule has 0 radical (unpaired) electrons. The molecule has 1 aliphatic heterocycles. The van der Waals surface area contributed by atoms with Crippen LogP contribution in [0, 0.1) is 11.3 Å². The molecule has 0 aromatic carbocycles. The van der Waals surface area contributed by atoms with Crippen LogP contribution < -0.4 is 0 Å². The lowest BCUT2D eigenvalue weighted by Gasteiger charge is -2.43. The van der Waals surface area contributed by atoms with Crippen molar-refractivity contribution < 1.29 is 24.9 Å². The number of hydrogen-bond acceptors (Lipinski definition) is 5. The third-order valence-electron chi connectivity index (χ3n) is 4.69. The summed E-state index contributed by atoms with van der Waals surface area (Å²) in [5, 5.41) is 29.9. The molecule has 1 aromatic heterocycles. The highest BCUT2D eigenvalue weighted by Crippen LogP contribution is 2.37. The van der Waals surface area contributed by atoms with Crippen LogP contribution in [0.4, 0.5) is 0 Å². The first-order valence-electron chi connectivity index (χ1n) is 8.11. The Hall–Kier alpha value is -2.15. The fraction of sp³-hybridized carbons (Fsp3) is 0.588. The lowest BCUT2D eigenvalue weighted by Crippen LogP contribution is -2.57. The summed E-state index contributed by atoms with van der Waals surface area (Å²) in [6.07, 6.45) is 2.72. The number of carbonyl (C=O) groups excluding carboxylic acids is 1. The lowest BCUT2D eigenvalue weighted by molar-refractivity contribution is -0.163. The molecule has 1 fully saturated rings. The van der Waals surface area contributed by atoms with Gasteiger partial charge < -0.3 is 20.2 Å². The van der Waals surface area contributed by atoms with Crippen LogP contribution in [0.3, 0.4) is 0 Å². The minimum atomic E-state index is -1.37. The topological polar surface area (TPSA) is 111 Å². The quantitative estimate of drug-likeness (QED) is 0.751. The second-order valence-electron chi connectivity index (χ2n) is 6.82. The highest BCUT2D eigenvalue weighted by Gasteiger charge is 2.50. The van der Waals surface area contributed by atoms with E-state index in [2.05, 4.69) is 4.98 Å². The van der Waals surface area contributed by atoms with Crippen molar-refractivity contribution in [3.05, 3.63) is 24.0 Å². The molecule has 0 bridgehead atoms. The summed E-state index contributed by atoms with van der Waals surface area (Å²) in [6, 6.07) is 1.40. The normalized spacial score (nSPS) is 24.2. The van der Waals surface area contributed by atoms with E-state index in [1.54, 1.807) is 0 Å². The van der Waals surface area contributed by atoms with Gasteiger partial charge in [0.05, 0.1) is 17.9 Å². The Labute approximate surface area is 140 Å². The minimum absolute atomic E-state index is 0.0726. The molecule has 3 N–H and O–H groups in total.